The van der Waals surface area contributed by atoms with E-state index < -0.39 is 0 Å². The molecule has 1 fully saturated rings. The van der Waals surface area contributed by atoms with Crippen molar-refractivity contribution >= 4 is 16.8 Å². The topological polar surface area (TPSA) is 68.0 Å². The van der Waals surface area contributed by atoms with Gasteiger partial charge in [-0.3, -0.25) is 9.69 Å². The summed E-state index contributed by atoms with van der Waals surface area (Å²) >= 11 is 0. The van der Waals surface area contributed by atoms with Gasteiger partial charge >= 0.3 is 0 Å². The number of carbonyl (C=O) groups is 1. The number of imidazole rings is 1. The van der Waals surface area contributed by atoms with Crippen LogP contribution in [0.2, 0.25) is 0 Å². The Bertz CT molecular complexity index is 946. The molecule has 6 nitrogen and oxygen atoms in total. The highest BCUT2D eigenvalue weighted by molar-refractivity contribution is 5.98. The molecule has 2 aliphatic rings. The van der Waals surface area contributed by atoms with E-state index >= 15 is 0 Å². The highest BCUT2D eigenvalue weighted by Gasteiger charge is 2.46. The van der Waals surface area contributed by atoms with Crippen LogP contribution in [0.15, 0.2) is 36.7 Å². The Kier molecular flexibility index (Phi) is 3.82. The van der Waals surface area contributed by atoms with Crippen molar-refractivity contribution < 1.29 is 4.79 Å². The molecule has 140 valence electrons. The fourth-order valence-electron chi connectivity index (χ4n) is 4.98. The minimum absolute atomic E-state index is 0.0282. The van der Waals surface area contributed by atoms with Gasteiger partial charge in [0.15, 0.2) is 0 Å². The number of fused-ring (bicyclic) bond motifs is 3. The maximum absolute atomic E-state index is 13.0. The van der Waals surface area contributed by atoms with Gasteiger partial charge in [-0.2, -0.15) is 0 Å². The van der Waals surface area contributed by atoms with Crippen molar-refractivity contribution in [1.29, 1.82) is 0 Å². The summed E-state index contributed by atoms with van der Waals surface area (Å²) in [5, 5.41) is 1.08. The molecule has 0 radical (unpaired) electrons. The summed E-state index contributed by atoms with van der Waals surface area (Å²) in [7, 11) is 0. The predicted molar refractivity (Wildman–Crippen MR) is 105 cm³/mol. The fourth-order valence-corrected chi connectivity index (χ4v) is 4.98. The van der Waals surface area contributed by atoms with Gasteiger partial charge < -0.3 is 14.9 Å². The number of para-hydroxylation sites is 1. The highest BCUT2D eigenvalue weighted by Crippen LogP contribution is 2.42. The van der Waals surface area contributed by atoms with Crippen molar-refractivity contribution in [3.63, 3.8) is 0 Å². The average molecular weight is 363 g/mol. The highest BCUT2D eigenvalue weighted by atomic mass is 16.2. The number of nitrogens with one attached hydrogen (secondary N) is 2. The molecule has 0 unspecified atom stereocenters. The van der Waals surface area contributed by atoms with Crippen molar-refractivity contribution in [2.24, 2.45) is 0 Å². The summed E-state index contributed by atoms with van der Waals surface area (Å²) < 4.78 is 0. The van der Waals surface area contributed by atoms with E-state index in [2.05, 4.69) is 26.8 Å². The van der Waals surface area contributed by atoms with Crippen LogP contribution < -0.4 is 0 Å². The first-order chi connectivity index (χ1) is 13.2. The second-order valence-electron chi connectivity index (χ2n) is 7.65. The van der Waals surface area contributed by atoms with Crippen LogP contribution in [-0.2, 0) is 12.0 Å². The number of amides is 1. The Hall–Kier alpha value is -2.60. The quantitative estimate of drug-likeness (QED) is 0.736. The van der Waals surface area contributed by atoms with Crippen molar-refractivity contribution in [3.8, 4) is 0 Å². The zero-order valence-electron chi connectivity index (χ0n) is 15.7. The van der Waals surface area contributed by atoms with E-state index in [4.69, 9.17) is 0 Å². The monoisotopic (exact) mass is 363 g/mol. The minimum Gasteiger partial charge on any atom is -0.351 e. The van der Waals surface area contributed by atoms with Gasteiger partial charge in [0.2, 0.25) is 0 Å². The first kappa shape index (κ1) is 16.6. The molecule has 5 rings (SSSR count). The first-order valence-corrected chi connectivity index (χ1v) is 9.86. The number of aromatic nitrogens is 3. The molecule has 0 aliphatic carbocycles. The molecule has 1 aromatic carbocycles. The number of likely N-dealkylation sites (N-methyl/N-ethyl adjacent to an activating group) is 1. The predicted octanol–water partition coefficient (Wildman–Crippen LogP) is 2.90. The molecule has 1 amide bonds. The van der Waals surface area contributed by atoms with Crippen molar-refractivity contribution in [3.05, 3.63) is 53.7 Å². The standard InChI is InChI=1S/C21H25N5O/c1-2-26-10-7-17-19(23-14-22-17)21(26)8-11-25(12-9-21)20(27)18-13-15-5-3-4-6-16(15)24-18/h3-6,13-14,24H,2,7-12H2,1H3,(H,22,23). The fraction of sp³-hybridized carbons (Fsp3) is 0.429. The number of piperidine rings is 1. The Morgan fingerprint density at radius 1 is 1.22 bits per heavy atom. The molecule has 0 saturated carbocycles. The second kappa shape index (κ2) is 6.23. The Morgan fingerprint density at radius 3 is 2.81 bits per heavy atom. The molecular weight excluding hydrogens is 338 g/mol. The molecule has 1 spiro atoms. The van der Waals surface area contributed by atoms with Crippen molar-refractivity contribution in [1.82, 2.24) is 24.8 Å². The molecule has 1 saturated heterocycles. The van der Waals surface area contributed by atoms with Crippen LogP contribution in [0.4, 0.5) is 0 Å². The molecule has 2 aliphatic heterocycles. The van der Waals surface area contributed by atoms with E-state index in [1.54, 1.807) is 0 Å². The number of hydrogen-bond donors (Lipinski definition) is 2. The SMILES string of the molecule is CCN1CCc2[nH]cnc2C12CCN(C(=O)c1cc3ccccc3[nH]1)CC2. The molecule has 4 heterocycles. The summed E-state index contributed by atoms with van der Waals surface area (Å²) in [6.45, 7) is 5.82. The van der Waals surface area contributed by atoms with Gasteiger partial charge in [0, 0.05) is 42.7 Å². The van der Waals surface area contributed by atoms with Gasteiger partial charge in [0.25, 0.3) is 5.91 Å². The average Bonchev–Trinajstić information content (AvgIpc) is 3.36. The smallest absolute Gasteiger partial charge is 0.270 e. The van der Waals surface area contributed by atoms with E-state index in [0.29, 0.717) is 5.69 Å². The third-order valence-corrected chi connectivity index (χ3v) is 6.42. The lowest BCUT2D eigenvalue weighted by Crippen LogP contribution is -2.57. The minimum atomic E-state index is -0.0282. The van der Waals surface area contributed by atoms with Crippen LogP contribution in [0.1, 0.15) is 41.6 Å². The summed E-state index contributed by atoms with van der Waals surface area (Å²) in [5.74, 6) is 0.0992. The number of benzene rings is 1. The number of aromatic amines is 2. The number of likely N-dealkylation sites (tertiary alicyclic amines) is 1. The van der Waals surface area contributed by atoms with E-state index in [0.717, 1.165) is 56.3 Å². The summed E-state index contributed by atoms with van der Waals surface area (Å²) in [6.07, 6.45) is 4.73. The number of nitrogens with zero attached hydrogens (tertiary/aromatic N) is 3. The van der Waals surface area contributed by atoms with Crippen LogP contribution in [0, 0.1) is 0 Å². The van der Waals surface area contributed by atoms with Crippen molar-refractivity contribution in [2.75, 3.05) is 26.2 Å². The summed E-state index contributed by atoms with van der Waals surface area (Å²) in [4.78, 5) is 28.9. The summed E-state index contributed by atoms with van der Waals surface area (Å²) in [5.41, 5.74) is 4.14. The number of carbonyl (C=O) groups excluding carboxylic acids is 1. The van der Waals surface area contributed by atoms with Crippen LogP contribution >= 0.6 is 0 Å². The third kappa shape index (κ3) is 2.51. The van der Waals surface area contributed by atoms with Gasteiger partial charge in [0.05, 0.1) is 17.6 Å². The summed E-state index contributed by atoms with van der Waals surface area (Å²) in [6, 6.07) is 10.00. The van der Waals surface area contributed by atoms with E-state index in [-0.39, 0.29) is 11.4 Å². The molecule has 0 atom stereocenters. The Morgan fingerprint density at radius 2 is 2.04 bits per heavy atom. The van der Waals surface area contributed by atoms with Crippen LogP contribution in [0.25, 0.3) is 10.9 Å². The lowest BCUT2D eigenvalue weighted by molar-refractivity contribution is 0.0101. The Balaban J connectivity index is 1.39. The van der Waals surface area contributed by atoms with Gasteiger partial charge in [-0.1, -0.05) is 25.1 Å². The Labute approximate surface area is 158 Å². The zero-order valence-corrected chi connectivity index (χ0v) is 15.7. The van der Waals surface area contributed by atoms with E-state index in [1.165, 1.54) is 11.4 Å². The molecule has 6 heteroatoms. The van der Waals surface area contributed by atoms with E-state index in [9.17, 15) is 4.79 Å². The van der Waals surface area contributed by atoms with Gasteiger partial charge in [-0.05, 0) is 31.5 Å². The van der Waals surface area contributed by atoms with E-state index in [1.807, 2.05) is 41.6 Å². The molecule has 2 N–H and O–H groups in total. The van der Waals surface area contributed by atoms with Crippen LogP contribution in [-0.4, -0.2) is 56.8 Å². The maximum atomic E-state index is 13.0. The first-order valence-electron chi connectivity index (χ1n) is 9.86. The molecule has 2 aromatic heterocycles. The van der Waals surface area contributed by atoms with Crippen molar-refractivity contribution in [2.45, 2.75) is 31.7 Å². The largest absolute Gasteiger partial charge is 0.351 e. The number of hydrogen-bond acceptors (Lipinski definition) is 3. The lowest BCUT2D eigenvalue weighted by atomic mass is 9.78. The van der Waals surface area contributed by atoms with Crippen LogP contribution in [0.5, 0.6) is 0 Å². The van der Waals surface area contributed by atoms with Gasteiger partial charge in [-0.25, -0.2) is 4.98 Å². The normalized spacial score (nSPS) is 19.5. The molecule has 3 aromatic rings. The molecule has 27 heavy (non-hydrogen) atoms. The second-order valence-corrected chi connectivity index (χ2v) is 7.65. The molecule has 0 bridgehead atoms. The maximum Gasteiger partial charge on any atom is 0.270 e. The molecular formula is C21H25N5O. The number of H-pyrrole nitrogens is 2. The number of rotatable bonds is 2. The third-order valence-electron chi connectivity index (χ3n) is 6.42. The van der Waals surface area contributed by atoms with Gasteiger partial charge in [0.1, 0.15) is 5.69 Å². The lowest BCUT2D eigenvalue weighted by Gasteiger charge is -2.50. The van der Waals surface area contributed by atoms with Gasteiger partial charge in [-0.15, -0.1) is 0 Å². The van der Waals surface area contributed by atoms with Crippen LogP contribution in [0.3, 0.4) is 0 Å². The zero-order chi connectivity index (χ0) is 18.4.